The first-order valence-electron chi connectivity index (χ1n) is 4.34. The number of hydrogen-bond acceptors (Lipinski definition) is 4. The SMILES string of the molecule is O=[N+]([O-])c1ccc2c(c1)CNC2CO. The minimum absolute atomic E-state index is 0.0187. The Bertz CT molecular complexity index is 378. The van der Waals surface area contributed by atoms with Gasteiger partial charge in [-0.25, -0.2) is 0 Å². The molecule has 0 bridgehead atoms. The van der Waals surface area contributed by atoms with Gasteiger partial charge >= 0.3 is 0 Å². The summed E-state index contributed by atoms with van der Waals surface area (Å²) < 4.78 is 0. The molecule has 2 N–H and O–H groups in total. The molecule has 0 saturated carbocycles. The Morgan fingerprint density at radius 2 is 2.43 bits per heavy atom. The molecule has 14 heavy (non-hydrogen) atoms. The number of nitro groups is 1. The Morgan fingerprint density at radius 1 is 1.64 bits per heavy atom. The molecule has 0 spiro atoms. The zero-order valence-corrected chi connectivity index (χ0v) is 7.43. The Kier molecular flexibility index (Phi) is 2.18. The van der Waals surface area contributed by atoms with Crippen molar-refractivity contribution in [2.45, 2.75) is 12.6 Å². The van der Waals surface area contributed by atoms with Crippen LogP contribution in [0.4, 0.5) is 5.69 Å². The second-order valence-corrected chi connectivity index (χ2v) is 3.26. The lowest BCUT2D eigenvalue weighted by Crippen LogP contribution is -2.15. The third-order valence-corrected chi connectivity index (χ3v) is 2.43. The Balaban J connectivity index is 2.39. The van der Waals surface area contributed by atoms with Crippen molar-refractivity contribution >= 4 is 5.69 Å². The third-order valence-electron chi connectivity index (χ3n) is 2.43. The van der Waals surface area contributed by atoms with Crippen molar-refractivity contribution in [2.75, 3.05) is 6.61 Å². The van der Waals surface area contributed by atoms with Gasteiger partial charge in [0.1, 0.15) is 0 Å². The molecule has 5 heteroatoms. The number of nitrogens with zero attached hydrogens (tertiary/aromatic N) is 1. The molecule has 1 heterocycles. The van der Waals surface area contributed by atoms with Crippen LogP contribution in [0.2, 0.25) is 0 Å². The second kappa shape index (κ2) is 3.36. The van der Waals surface area contributed by atoms with E-state index in [2.05, 4.69) is 5.32 Å². The number of non-ortho nitro benzene ring substituents is 1. The van der Waals surface area contributed by atoms with E-state index in [0.717, 1.165) is 11.1 Å². The van der Waals surface area contributed by atoms with E-state index < -0.39 is 4.92 Å². The highest BCUT2D eigenvalue weighted by Crippen LogP contribution is 2.27. The summed E-state index contributed by atoms with van der Waals surface area (Å²) in [5.41, 5.74) is 1.96. The van der Waals surface area contributed by atoms with Crippen LogP contribution in [0.25, 0.3) is 0 Å². The number of benzene rings is 1. The molecule has 0 aromatic heterocycles. The number of nitro benzene ring substituents is 1. The van der Waals surface area contributed by atoms with Crippen LogP contribution in [0.1, 0.15) is 17.2 Å². The van der Waals surface area contributed by atoms with E-state index in [4.69, 9.17) is 5.11 Å². The standard InChI is InChI=1S/C9H10N2O3/c12-5-9-8-2-1-7(11(13)14)3-6(8)4-10-9/h1-3,9-10,12H,4-5H2. The predicted octanol–water partition coefficient (Wildman–Crippen LogP) is 0.731. The molecule has 1 aromatic rings. The number of aliphatic hydroxyl groups excluding tert-OH is 1. The average Bonchev–Trinajstić information content (AvgIpc) is 2.59. The third kappa shape index (κ3) is 1.36. The number of aliphatic hydroxyl groups is 1. The fourth-order valence-electron chi connectivity index (χ4n) is 1.70. The maximum Gasteiger partial charge on any atom is 0.269 e. The summed E-state index contributed by atoms with van der Waals surface area (Å²) in [6.45, 7) is 0.604. The van der Waals surface area contributed by atoms with E-state index >= 15 is 0 Å². The lowest BCUT2D eigenvalue weighted by atomic mass is 10.1. The highest BCUT2D eigenvalue weighted by Gasteiger charge is 2.22. The monoisotopic (exact) mass is 194 g/mol. The van der Waals surface area contributed by atoms with Crippen molar-refractivity contribution in [3.63, 3.8) is 0 Å². The molecule has 1 unspecified atom stereocenters. The van der Waals surface area contributed by atoms with Crippen LogP contribution < -0.4 is 5.32 Å². The van der Waals surface area contributed by atoms with Gasteiger partial charge in [0.25, 0.3) is 5.69 Å². The summed E-state index contributed by atoms with van der Waals surface area (Å²) in [6.07, 6.45) is 0. The first-order chi connectivity index (χ1) is 6.72. The predicted molar refractivity (Wildman–Crippen MR) is 49.8 cm³/mol. The van der Waals surface area contributed by atoms with E-state index in [1.165, 1.54) is 6.07 Å². The summed E-state index contributed by atoms with van der Waals surface area (Å²) in [4.78, 5) is 10.1. The topological polar surface area (TPSA) is 75.4 Å². The summed E-state index contributed by atoms with van der Waals surface area (Å²) in [5, 5.41) is 22.5. The Hall–Kier alpha value is -1.46. The first-order valence-corrected chi connectivity index (χ1v) is 4.34. The van der Waals surface area contributed by atoms with Crippen molar-refractivity contribution in [2.24, 2.45) is 0 Å². The highest BCUT2D eigenvalue weighted by atomic mass is 16.6. The molecule has 2 rings (SSSR count). The van der Waals surface area contributed by atoms with Gasteiger partial charge in [0.2, 0.25) is 0 Å². The van der Waals surface area contributed by atoms with E-state index in [-0.39, 0.29) is 18.3 Å². The van der Waals surface area contributed by atoms with Crippen LogP contribution in [-0.2, 0) is 6.54 Å². The minimum atomic E-state index is -0.410. The van der Waals surface area contributed by atoms with Gasteiger partial charge in [-0.3, -0.25) is 10.1 Å². The van der Waals surface area contributed by atoms with Crippen molar-refractivity contribution in [3.8, 4) is 0 Å². The van der Waals surface area contributed by atoms with Crippen molar-refractivity contribution in [1.82, 2.24) is 5.32 Å². The highest BCUT2D eigenvalue weighted by molar-refractivity contribution is 5.43. The number of fused-ring (bicyclic) bond motifs is 1. The van der Waals surface area contributed by atoms with Crippen LogP contribution in [0.3, 0.4) is 0 Å². The van der Waals surface area contributed by atoms with Crippen molar-refractivity contribution < 1.29 is 10.0 Å². The van der Waals surface area contributed by atoms with Gasteiger partial charge in [-0.15, -0.1) is 0 Å². The molecule has 1 aliphatic rings. The molecule has 1 aromatic carbocycles. The molecule has 74 valence electrons. The normalized spacial score (nSPS) is 19.4. The molecule has 0 fully saturated rings. The lowest BCUT2D eigenvalue weighted by Gasteiger charge is -2.06. The van der Waals surface area contributed by atoms with Gasteiger partial charge in [-0.2, -0.15) is 0 Å². The molecular formula is C9H10N2O3. The number of hydrogen-bond donors (Lipinski definition) is 2. The summed E-state index contributed by atoms with van der Waals surface area (Å²) in [5.74, 6) is 0. The van der Waals surface area contributed by atoms with Crippen molar-refractivity contribution in [3.05, 3.63) is 39.4 Å². The van der Waals surface area contributed by atoms with Crippen LogP contribution in [0.15, 0.2) is 18.2 Å². The molecule has 0 amide bonds. The van der Waals surface area contributed by atoms with Crippen molar-refractivity contribution in [1.29, 1.82) is 0 Å². The maximum atomic E-state index is 10.5. The van der Waals surface area contributed by atoms with Gasteiger partial charge in [0.05, 0.1) is 17.6 Å². The Labute approximate surface area is 80.5 Å². The quantitative estimate of drug-likeness (QED) is 0.537. The van der Waals surface area contributed by atoms with E-state index in [9.17, 15) is 10.1 Å². The second-order valence-electron chi connectivity index (χ2n) is 3.26. The molecular weight excluding hydrogens is 184 g/mol. The van der Waals surface area contributed by atoms with Crippen LogP contribution in [0.5, 0.6) is 0 Å². The van der Waals surface area contributed by atoms with E-state index in [1.54, 1.807) is 12.1 Å². The molecule has 1 atom stereocenters. The zero-order valence-electron chi connectivity index (χ0n) is 7.43. The van der Waals surface area contributed by atoms with Gasteiger partial charge in [-0.05, 0) is 11.1 Å². The fraction of sp³-hybridized carbons (Fsp3) is 0.333. The summed E-state index contributed by atoms with van der Waals surface area (Å²) in [6, 6.07) is 4.65. The number of nitrogens with one attached hydrogen (secondary N) is 1. The first kappa shape index (κ1) is 9.11. The minimum Gasteiger partial charge on any atom is -0.394 e. The summed E-state index contributed by atoms with van der Waals surface area (Å²) >= 11 is 0. The van der Waals surface area contributed by atoms with Gasteiger partial charge in [-0.1, -0.05) is 6.07 Å². The van der Waals surface area contributed by atoms with E-state index in [0.29, 0.717) is 6.54 Å². The van der Waals surface area contributed by atoms with Crippen LogP contribution in [0, 0.1) is 10.1 Å². The molecule has 0 saturated heterocycles. The van der Waals surface area contributed by atoms with Gasteiger partial charge in [0, 0.05) is 18.7 Å². The van der Waals surface area contributed by atoms with E-state index in [1.807, 2.05) is 0 Å². The largest absolute Gasteiger partial charge is 0.394 e. The fourth-order valence-corrected chi connectivity index (χ4v) is 1.70. The summed E-state index contributed by atoms with van der Waals surface area (Å²) in [7, 11) is 0. The molecule has 0 aliphatic carbocycles. The van der Waals surface area contributed by atoms with Gasteiger partial charge in [0.15, 0.2) is 0 Å². The molecule has 5 nitrogen and oxygen atoms in total. The average molecular weight is 194 g/mol. The molecule has 0 radical (unpaired) electrons. The van der Waals surface area contributed by atoms with Crippen LogP contribution in [-0.4, -0.2) is 16.6 Å². The number of rotatable bonds is 2. The van der Waals surface area contributed by atoms with Gasteiger partial charge < -0.3 is 10.4 Å². The smallest absolute Gasteiger partial charge is 0.269 e. The zero-order chi connectivity index (χ0) is 10.1. The lowest BCUT2D eigenvalue weighted by molar-refractivity contribution is -0.384. The van der Waals surface area contributed by atoms with Crippen LogP contribution >= 0.6 is 0 Å². The Morgan fingerprint density at radius 3 is 3.07 bits per heavy atom. The maximum absolute atomic E-state index is 10.5. The molecule has 1 aliphatic heterocycles.